The molecule has 82 valence electrons. The van der Waals surface area contributed by atoms with Crippen molar-refractivity contribution in [2.45, 2.75) is 33.1 Å². The van der Waals surface area contributed by atoms with Gasteiger partial charge in [-0.15, -0.1) is 0 Å². The number of amides is 1. The van der Waals surface area contributed by atoms with Gasteiger partial charge in [-0.05, 0) is 32.7 Å². The van der Waals surface area contributed by atoms with E-state index in [0.717, 1.165) is 19.0 Å². The van der Waals surface area contributed by atoms with Crippen LogP contribution >= 0.6 is 0 Å². The summed E-state index contributed by atoms with van der Waals surface area (Å²) in [7, 11) is 1.69. The van der Waals surface area contributed by atoms with E-state index in [-0.39, 0.29) is 11.3 Å². The third kappa shape index (κ3) is 3.66. The second-order valence-corrected chi connectivity index (χ2v) is 4.87. The SMILES string of the molecule is CNC(=O)C(C)(C)CNCCC1CC1. The van der Waals surface area contributed by atoms with E-state index in [1.165, 1.54) is 19.3 Å². The number of carbonyl (C=O) groups is 1. The molecule has 3 heteroatoms. The van der Waals surface area contributed by atoms with E-state index in [2.05, 4.69) is 10.6 Å². The highest BCUT2D eigenvalue weighted by molar-refractivity contribution is 5.81. The lowest BCUT2D eigenvalue weighted by Gasteiger charge is -2.22. The molecule has 0 aliphatic heterocycles. The van der Waals surface area contributed by atoms with Crippen molar-refractivity contribution in [2.75, 3.05) is 20.1 Å². The molecule has 1 rings (SSSR count). The average Bonchev–Trinajstić information content (AvgIpc) is 2.94. The summed E-state index contributed by atoms with van der Waals surface area (Å²) >= 11 is 0. The van der Waals surface area contributed by atoms with Crippen molar-refractivity contribution in [3.8, 4) is 0 Å². The van der Waals surface area contributed by atoms with Gasteiger partial charge >= 0.3 is 0 Å². The van der Waals surface area contributed by atoms with Gasteiger partial charge in [0.05, 0.1) is 5.41 Å². The quantitative estimate of drug-likeness (QED) is 0.629. The Bertz CT molecular complexity index is 197. The van der Waals surface area contributed by atoms with Gasteiger partial charge in [-0.1, -0.05) is 12.8 Å². The minimum Gasteiger partial charge on any atom is -0.359 e. The maximum absolute atomic E-state index is 11.4. The first-order valence-corrected chi connectivity index (χ1v) is 5.49. The predicted molar refractivity (Wildman–Crippen MR) is 58.1 cm³/mol. The van der Waals surface area contributed by atoms with Crippen molar-refractivity contribution >= 4 is 5.91 Å². The van der Waals surface area contributed by atoms with Gasteiger partial charge in [0.25, 0.3) is 0 Å². The summed E-state index contributed by atoms with van der Waals surface area (Å²) in [5.74, 6) is 1.07. The van der Waals surface area contributed by atoms with Gasteiger partial charge in [-0.3, -0.25) is 4.79 Å². The van der Waals surface area contributed by atoms with Gasteiger partial charge in [-0.2, -0.15) is 0 Å². The van der Waals surface area contributed by atoms with Crippen LogP contribution in [0.2, 0.25) is 0 Å². The van der Waals surface area contributed by atoms with Crippen molar-refractivity contribution < 1.29 is 4.79 Å². The van der Waals surface area contributed by atoms with Crippen molar-refractivity contribution in [2.24, 2.45) is 11.3 Å². The van der Waals surface area contributed by atoms with Gasteiger partial charge in [0.15, 0.2) is 0 Å². The van der Waals surface area contributed by atoms with Crippen molar-refractivity contribution in [1.82, 2.24) is 10.6 Å². The lowest BCUT2D eigenvalue weighted by Crippen LogP contribution is -2.42. The number of hydrogen-bond donors (Lipinski definition) is 2. The van der Waals surface area contributed by atoms with E-state index in [1.807, 2.05) is 13.8 Å². The second-order valence-electron chi connectivity index (χ2n) is 4.87. The number of carbonyl (C=O) groups excluding carboxylic acids is 1. The normalized spacial score (nSPS) is 16.8. The van der Waals surface area contributed by atoms with Crippen LogP contribution < -0.4 is 10.6 Å². The van der Waals surface area contributed by atoms with Crippen molar-refractivity contribution in [3.05, 3.63) is 0 Å². The Hall–Kier alpha value is -0.570. The summed E-state index contributed by atoms with van der Waals surface area (Å²) in [5.41, 5.74) is -0.293. The third-order valence-corrected chi connectivity index (χ3v) is 2.83. The van der Waals surface area contributed by atoms with Crippen LogP contribution in [0.1, 0.15) is 33.1 Å². The van der Waals surface area contributed by atoms with Crippen molar-refractivity contribution in [1.29, 1.82) is 0 Å². The largest absolute Gasteiger partial charge is 0.359 e. The van der Waals surface area contributed by atoms with Gasteiger partial charge in [0.1, 0.15) is 0 Å². The number of hydrogen-bond acceptors (Lipinski definition) is 2. The molecule has 0 saturated heterocycles. The molecule has 0 aromatic rings. The zero-order valence-electron chi connectivity index (χ0n) is 9.52. The maximum Gasteiger partial charge on any atom is 0.226 e. The standard InChI is InChI=1S/C11H22N2O/c1-11(2,10(14)12-3)8-13-7-6-9-4-5-9/h9,13H,4-8H2,1-3H3,(H,12,14). The first kappa shape index (κ1) is 11.5. The summed E-state index contributed by atoms with van der Waals surface area (Å²) in [6.45, 7) is 5.75. The van der Waals surface area contributed by atoms with E-state index in [1.54, 1.807) is 7.05 Å². The van der Waals surface area contributed by atoms with Crippen LogP contribution in [0.15, 0.2) is 0 Å². The fourth-order valence-electron chi connectivity index (χ4n) is 1.53. The van der Waals surface area contributed by atoms with Gasteiger partial charge in [0, 0.05) is 13.6 Å². The fourth-order valence-corrected chi connectivity index (χ4v) is 1.53. The Morgan fingerprint density at radius 2 is 2.07 bits per heavy atom. The molecule has 0 heterocycles. The van der Waals surface area contributed by atoms with Crippen LogP contribution in [0.25, 0.3) is 0 Å². The molecule has 3 nitrogen and oxygen atoms in total. The molecular formula is C11H22N2O. The van der Waals surface area contributed by atoms with Crippen LogP contribution in [0, 0.1) is 11.3 Å². The first-order valence-electron chi connectivity index (χ1n) is 5.49. The van der Waals surface area contributed by atoms with Crippen LogP contribution in [-0.4, -0.2) is 26.0 Å². The molecule has 2 N–H and O–H groups in total. The lowest BCUT2D eigenvalue weighted by molar-refractivity contribution is -0.128. The third-order valence-electron chi connectivity index (χ3n) is 2.83. The molecular weight excluding hydrogens is 176 g/mol. The zero-order chi connectivity index (χ0) is 10.6. The molecule has 0 atom stereocenters. The molecule has 1 fully saturated rings. The van der Waals surface area contributed by atoms with E-state index in [4.69, 9.17) is 0 Å². The monoisotopic (exact) mass is 198 g/mol. The van der Waals surface area contributed by atoms with E-state index >= 15 is 0 Å². The molecule has 0 bridgehead atoms. The van der Waals surface area contributed by atoms with Gasteiger partial charge in [-0.25, -0.2) is 0 Å². The summed E-state index contributed by atoms with van der Waals surface area (Å²) in [6.07, 6.45) is 4.07. The zero-order valence-corrected chi connectivity index (χ0v) is 9.52. The van der Waals surface area contributed by atoms with Crippen LogP contribution in [-0.2, 0) is 4.79 Å². The highest BCUT2D eigenvalue weighted by atomic mass is 16.2. The van der Waals surface area contributed by atoms with Crippen LogP contribution in [0.5, 0.6) is 0 Å². The molecule has 0 spiro atoms. The lowest BCUT2D eigenvalue weighted by atomic mass is 9.92. The van der Waals surface area contributed by atoms with Gasteiger partial charge in [0.2, 0.25) is 5.91 Å². The molecule has 1 amide bonds. The number of rotatable bonds is 6. The summed E-state index contributed by atoms with van der Waals surface area (Å²) in [6, 6.07) is 0. The molecule has 1 aliphatic carbocycles. The summed E-state index contributed by atoms with van der Waals surface area (Å²) < 4.78 is 0. The minimum absolute atomic E-state index is 0.108. The summed E-state index contributed by atoms with van der Waals surface area (Å²) in [5, 5.41) is 6.04. The first-order chi connectivity index (χ1) is 6.56. The smallest absolute Gasteiger partial charge is 0.226 e. The summed E-state index contributed by atoms with van der Waals surface area (Å²) in [4.78, 5) is 11.4. The molecule has 14 heavy (non-hydrogen) atoms. The van der Waals surface area contributed by atoms with Crippen molar-refractivity contribution in [3.63, 3.8) is 0 Å². The predicted octanol–water partition coefficient (Wildman–Crippen LogP) is 1.15. The Balaban J connectivity index is 2.10. The van der Waals surface area contributed by atoms with E-state index < -0.39 is 0 Å². The highest BCUT2D eigenvalue weighted by Crippen LogP contribution is 2.31. The molecule has 0 radical (unpaired) electrons. The average molecular weight is 198 g/mol. The number of nitrogens with one attached hydrogen (secondary N) is 2. The Labute approximate surface area is 86.6 Å². The van der Waals surface area contributed by atoms with Crippen LogP contribution in [0.3, 0.4) is 0 Å². The molecule has 0 aromatic carbocycles. The Kier molecular flexibility index (Phi) is 3.93. The maximum atomic E-state index is 11.4. The highest BCUT2D eigenvalue weighted by Gasteiger charge is 2.26. The molecule has 1 saturated carbocycles. The van der Waals surface area contributed by atoms with E-state index in [0.29, 0.717) is 0 Å². The minimum atomic E-state index is -0.293. The fraction of sp³-hybridized carbons (Fsp3) is 0.909. The topological polar surface area (TPSA) is 41.1 Å². The Morgan fingerprint density at radius 3 is 2.57 bits per heavy atom. The second kappa shape index (κ2) is 4.78. The molecule has 0 unspecified atom stereocenters. The molecule has 0 aromatic heterocycles. The van der Waals surface area contributed by atoms with Gasteiger partial charge < -0.3 is 10.6 Å². The van der Waals surface area contributed by atoms with E-state index in [9.17, 15) is 4.79 Å². The molecule has 1 aliphatic rings. The Morgan fingerprint density at radius 1 is 1.43 bits per heavy atom. The van der Waals surface area contributed by atoms with Crippen LogP contribution in [0.4, 0.5) is 0 Å².